The highest BCUT2D eigenvalue weighted by Gasteiger charge is 2.16. The molecule has 5 heteroatoms. The van der Waals surface area contributed by atoms with Gasteiger partial charge in [-0.25, -0.2) is 4.98 Å². The van der Waals surface area contributed by atoms with Crippen molar-refractivity contribution in [3.63, 3.8) is 0 Å². The zero-order valence-electron chi connectivity index (χ0n) is 11.8. The predicted molar refractivity (Wildman–Crippen MR) is 82.6 cm³/mol. The molecule has 4 nitrogen and oxygen atoms in total. The summed E-state index contributed by atoms with van der Waals surface area (Å²) in [7, 11) is 0. The second-order valence-corrected chi connectivity index (χ2v) is 5.36. The van der Waals surface area contributed by atoms with Crippen molar-refractivity contribution >= 4 is 27.7 Å². The lowest BCUT2D eigenvalue weighted by atomic mass is 10.1. The van der Waals surface area contributed by atoms with Crippen LogP contribution in [-0.4, -0.2) is 23.5 Å². The minimum absolute atomic E-state index is 0.0648. The fourth-order valence-corrected chi connectivity index (χ4v) is 2.24. The van der Waals surface area contributed by atoms with Gasteiger partial charge in [-0.1, -0.05) is 20.3 Å². The lowest BCUT2D eigenvalue weighted by molar-refractivity contribution is 0.0934. The number of hydrogen-bond donors (Lipinski definition) is 2. The molecule has 0 saturated heterocycles. The van der Waals surface area contributed by atoms with Gasteiger partial charge in [-0.15, -0.1) is 0 Å². The SMILES string of the molecule is CCCC(CC)NC(=O)c1cc(Br)cnc1NCC. The quantitative estimate of drug-likeness (QED) is 0.804. The van der Waals surface area contributed by atoms with Gasteiger partial charge in [-0.2, -0.15) is 0 Å². The molecule has 1 aromatic heterocycles. The van der Waals surface area contributed by atoms with Crippen LogP contribution in [0.5, 0.6) is 0 Å². The molecule has 1 rings (SSSR count). The van der Waals surface area contributed by atoms with Gasteiger partial charge < -0.3 is 10.6 Å². The molecule has 0 aliphatic heterocycles. The van der Waals surface area contributed by atoms with Crippen molar-refractivity contribution < 1.29 is 4.79 Å². The largest absolute Gasteiger partial charge is 0.370 e. The van der Waals surface area contributed by atoms with E-state index in [1.807, 2.05) is 6.92 Å². The molecule has 106 valence electrons. The third-order valence-electron chi connectivity index (χ3n) is 2.91. The molecule has 1 unspecified atom stereocenters. The lowest BCUT2D eigenvalue weighted by Gasteiger charge is -2.17. The van der Waals surface area contributed by atoms with Crippen LogP contribution in [0.15, 0.2) is 16.7 Å². The standard InChI is InChI=1S/C14H22BrN3O/c1-4-7-11(5-2)18-14(19)12-8-10(15)9-17-13(12)16-6-3/h8-9,11H,4-7H2,1-3H3,(H,16,17)(H,18,19). The Morgan fingerprint density at radius 3 is 2.74 bits per heavy atom. The number of halogens is 1. The highest BCUT2D eigenvalue weighted by molar-refractivity contribution is 9.10. The van der Waals surface area contributed by atoms with E-state index in [-0.39, 0.29) is 11.9 Å². The zero-order chi connectivity index (χ0) is 14.3. The molecular weight excluding hydrogens is 306 g/mol. The van der Waals surface area contributed by atoms with Crippen LogP contribution < -0.4 is 10.6 Å². The third-order valence-corrected chi connectivity index (χ3v) is 3.34. The Balaban J connectivity index is 2.87. The molecule has 0 aliphatic carbocycles. The first-order valence-electron chi connectivity index (χ1n) is 6.82. The summed E-state index contributed by atoms with van der Waals surface area (Å²) in [5, 5.41) is 6.18. The Morgan fingerprint density at radius 1 is 1.42 bits per heavy atom. The van der Waals surface area contributed by atoms with E-state index in [1.54, 1.807) is 12.3 Å². The molecule has 0 aliphatic rings. The molecule has 1 aromatic rings. The van der Waals surface area contributed by atoms with E-state index in [1.165, 1.54) is 0 Å². The highest BCUT2D eigenvalue weighted by atomic mass is 79.9. The normalized spacial score (nSPS) is 12.0. The maximum Gasteiger partial charge on any atom is 0.255 e. The first kappa shape index (κ1) is 16.0. The number of carbonyl (C=O) groups excluding carboxylic acids is 1. The summed E-state index contributed by atoms with van der Waals surface area (Å²) >= 11 is 3.36. The minimum atomic E-state index is -0.0648. The van der Waals surface area contributed by atoms with Crippen molar-refractivity contribution in [1.29, 1.82) is 0 Å². The van der Waals surface area contributed by atoms with Gasteiger partial charge in [0, 0.05) is 23.3 Å². The third kappa shape index (κ3) is 4.82. The summed E-state index contributed by atoms with van der Waals surface area (Å²) in [5.41, 5.74) is 0.589. The monoisotopic (exact) mass is 327 g/mol. The highest BCUT2D eigenvalue weighted by Crippen LogP contribution is 2.18. The lowest BCUT2D eigenvalue weighted by Crippen LogP contribution is -2.34. The summed E-state index contributed by atoms with van der Waals surface area (Å²) in [4.78, 5) is 16.6. The smallest absolute Gasteiger partial charge is 0.255 e. The maximum atomic E-state index is 12.3. The molecule has 0 aromatic carbocycles. The van der Waals surface area contributed by atoms with E-state index in [9.17, 15) is 4.79 Å². The van der Waals surface area contributed by atoms with Crippen LogP contribution in [0.3, 0.4) is 0 Å². The van der Waals surface area contributed by atoms with E-state index in [4.69, 9.17) is 0 Å². The van der Waals surface area contributed by atoms with E-state index in [2.05, 4.69) is 45.4 Å². The second kappa shape index (κ2) is 8.15. The van der Waals surface area contributed by atoms with Gasteiger partial charge in [0.05, 0.1) is 5.56 Å². The van der Waals surface area contributed by atoms with Gasteiger partial charge in [0.15, 0.2) is 0 Å². The van der Waals surface area contributed by atoms with Crippen molar-refractivity contribution in [3.05, 3.63) is 22.3 Å². The van der Waals surface area contributed by atoms with Crippen LogP contribution in [0.25, 0.3) is 0 Å². The number of hydrogen-bond acceptors (Lipinski definition) is 3. The van der Waals surface area contributed by atoms with Crippen LogP contribution in [0, 0.1) is 0 Å². The van der Waals surface area contributed by atoms with E-state index in [0.29, 0.717) is 11.4 Å². The van der Waals surface area contributed by atoms with Crippen LogP contribution >= 0.6 is 15.9 Å². The van der Waals surface area contributed by atoms with Gasteiger partial charge in [-0.3, -0.25) is 4.79 Å². The average molecular weight is 328 g/mol. The van der Waals surface area contributed by atoms with Crippen LogP contribution in [-0.2, 0) is 0 Å². The van der Waals surface area contributed by atoms with E-state index < -0.39 is 0 Å². The molecule has 2 N–H and O–H groups in total. The van der Waals surface area contributed by atoms with Crippen molar-refractivity contribution in [1.82, 2.24) is 10.3 Å². The summed E-state index contributed by atoms with van der Waals surface area (Å²) in [6.45, 7) is 6.93. The molecule has 0 spiro atoms. The van der Waals surface area contributed by atoms with Crippen LogP contribution in [0.4, 0.5) is 5.82 Å². The van der Waals surface area contributed by atoms with Crippen molar-refractivity contribution in [2.24, 2.45) is 0 Å². The number of amides is 1. The summed E-state index contributed by atoms with van der Waals surface area (Å²) in [5.74, 6) is 0.569. The molecule has 0 fully saturated rings. The van der Waals surface area contributed by atoms with Gasteiger partial charge >= 0.3 is 0 Å². The number of aromatic nitrogens is 1. The van der Waals surface area contributed by atoms with Gasteiger partial charge in [-0.05, 0) is 41.8 Å². The first-order chi connectivity index (χ1) is 9.12. The summed E-state index contributed by atoms with van der Waals surface area (Å²) < 4.78 is 0.808. The number of anilines is 1. The number of nitrogens with zero attached hydrogens (tertiary/aromatic N) is 1. The Kier molecular flexibility index (Phi) is 6.84. The predicted octanol–water partition coefficient (Wildman–Crippen LogP) is 3.58. The molecular formula is C14H22BrN3O. The number of pyridine rings is 1. The number of nitrogens with one attached hydrogen (secondary N) is 2. The maximum absolute atomic E-state index is 12.3. The molecule has 0 saturated carbocycles. The fourth-order valence-electron chi connectivity index (χ4n) is 1.91. The number of rotatable bonds is 7. The Hall–Kier alpha value is -1.10. The molecule has 1 atom stereocenters. The summed E-state index contributed by atoms with van der Waals surface area (Å²) in [6.07, 6.45) is 4.70. The van der Waals surface area contributed by atoms with Gasteiger partial charge in [0.25, 0.3) is 5.91 Å². The Bertz CT molecular complexity index is 423. The molecule has 0 radical (unpaired) electrons. The van der Waals surface area contributed by atoms with Crippen LogP contribution in [0.1, 0.15) is 50.4 Å². The molecule has 19 heavy (non-hydrogen) atoms. The van der Waals surface area contributed by atoms with Crippen molar-refractivity contribution in [3.8, 4) is 0 Å². The Morgan fingerprint density at radius 2 is 2.16 bits per heavy atom. The van der Waals surface area contributed by atoms with E-state index >= 15 is 0 Å². The number of carbonyl (C=O) groups is 1. The Labute approximate surface area is 123 Å². The zero-order valence-corrected chi connectivity index (χ0v) is 13.4. The first-order valence-corrected chi connectivity index (χ1v) is 7.61. The minimum Gasteiger partial charge on any atom is -0.370 e. The molecule has 1 heterocycles. The fraction of sp³-hybridized carbons (Fsp3) is 0.571. The van der Waals surface area contributed by atoms with Crippen molar-refractivity contribution in [2.75, 3.05) is 11.9 Å². The summed E-state index contributed by atoms with van der Waals surface area (Å²) in [6, 6.07) is 2.03. The van der Waals surface area contributed by atoms with Gasteiger partial charge in [0.2, 0.25) is 0 Å². The van der Waals surface area contributed by atoms with Gasteiger partial charge in [0.1, 0.15) is 5.82 Å². The molecule has 1 amide bonds. The van der Waals surface area contributed by atoms with Crippen LogP contribution in [0.2, 0.25) is 0 Å². The van der Waals surface area contributed by atoms with E-state index in [0.717, 1.165) is 30.3 Å². The molecule has 0 bridgehead atoms. The van der Waals surface area contributed by atoms with Crippen molar-refractivity contribution in [2.45, 2.75) is 46.1 Å². The topological polar surface area (TPSA) is 54.0 Å². The average Bonchev–Trinajstić information content (AvgIpc) is 2.40. The second-order valence-electron chi connectivity index (χ2n) is 4.45.